The number of hydrogen-bond acceptors (Lipinski definition) is 6. The number of benzene rings is 3. The van der Waals surface area contributed by atoms with Gasteiger partial charge < -0.3 is 9.47 Å². The number of methoxy groups -OCH3 is 1. The summed E-state index contributed by atoms with van der Waals surface area (Å²) >= 11 is 5.80. The Morgan fingerprint density at radius 2 is 1.80 bits per heavy atom. The van der Waals surface area contributed by atoms with Crippen molar-refractivity contribution in [1.82, 2.24) is 5.43 Å². The maximum Gasteiger partial charge on any atom is 0.311 e. The van der Waals surface area contributed by atoms with Crippen LogP contribution in [0, 0.1) is 10.1 Å². The lowest BCUT2D eigenvalue weighted by atomic mass is 10.2. The molecule has 0 spiro atoms. The first kappa shape index (κ1) is 20.8. The third-order valence-electron chi connectivity index (χ3n) is 3.96. The maximum atomic E-state index is 12.0. The van der Waals surface area contributed by atoms with Gasteiger partial charge in [-0.25, -0.2) is 5.43 Å². The fourth-order valence-corrected chi connectivity index (χ4v) is 2.62. The molecule has 0 radical (unpaired) electrons. The van der Waals surface area contributed by atoms with E-state index in [0.29, 0.717) is 27.6 Å². The predicted molar refractivity (Wildman–Crippen MR) is 113 cm³/mol. The third-order valence-corrected chi connectivity index (χ3v) is 4.21. The van der Waals surface area contributed by atoms with Crippen molar-refractivity contribution in [3.63, 3.8) is 0 Å². The molecule has 0 bridgehead atoms. The van der Waals surface area contributed by atoms with Crippen LogP contribution in [0.2, 0.25) is 5.02 Å². The molecular formula is C21H16ClN3O5. The maximum absolute atomic E-state index is 12.0. The van der Waals surface area contributed by atoms with Gasteiger partial charge in [-0.2, -0.15) is 5.10 Å². The van der Waals surface area contributed by atoms with E-state index in [1.165, 1.54) is 25.5 Å². The number of carbonyl (C=O) groups excluding carboxylic acids is 1. The van der Waals surface area contributed by atoms with E-state index in [9.17, 15) is 14.9 Å². The van der Waals surface area contributed by atoms with Crippen LogP contribution in [0.5, 0.6) is 17.2 Å². The molecule has 8 nitrogen and oxygen atoms in total. The van der Waals surface area contributed by atoms with Crippen molar-refractivity contribution >= 4 is 29.4 Å². The summed E-state index contributed by atoms with van der Waals surface area (Å²) in [5.74, 6) is 0.360. The topological polar surface area (TPSA) is 103 Å². The molecule has 0 fully saturated rings. The second-order valence-electron chi connectivity index (χ2n) is 5.94. The number of rotatable bonds is 7. The average molecular weight is 426 g/mol. The largest absolute Gasteiger partial charge is 0.493 e. The van der Waals surface area contributed by atoms with Crippen molar-refractivity contribution < 1.29 is 19.2 Å². The van der Waals surface area contributed by atoms with Crippen molar-refractivity contribution in [3.8, 4) is 17.2 Å². The molecule has 0 heterocycles. The number of ether oxygens (including phenoxy) is 2. The molecule has 0 aromatic heterocycles. The van der Waals surface area contributed by atoms with Gasteiger partial charge in [-0.05, 0) is 54.1 Å². The number of carbonyl (C=O) groups is 1. The Bertz CT molecular complexity index is 1100. The summed E-state index contributed by atoms with van der Waals surface area (Å²) in [6.07, 6.45) is 1.44. The van der Waals surface area contributed by atoms with Crippen LogP contribution in [0.1, 0.15) is 15.9 Å². The van der Waals surface area contributed by atoms with Crippen molar-refractivity contribution in [2.75, 3.05) is 7.11 Å². The predicted octanol–water partition coefficient (Wildman–Crippen LogP) is 4.81. The van der Waals surface area contributed by atoms with Gasteiger partial charge in [0.05, 0.1) is 18.2 Å². The zero-order valence-corrected chi connectivity index (χ0v) is 16.5. The molecule has 0 atom stereocenters. The number of nitrogens with one attached hydrogen (secondary N) is 1. The van der Waals surface area contributed by atoms with Crippen molar-refractivity contribution in [2.24, 2.45) is 5.10 Å². The Morgan fingerprint density at radius 3 is 2.50 bits per heavy atom. The van der Waals surface area contributed by atoms with Gasteiger partial charge in [0.1, 0.15) is 0 Å². The molecule has 9 heteroatoms. The van der Waals surface area contributed by atoms with Gasteiger partial charge in [-0.15, -0.1) is 0 Å². The number of nitro benzene ring substituents is 1. The lowest BCUT2D eigenvalue weighted by Crippen LogP contribution is -2.17. The van der Waals surface area contributed by atoms with Gasteiger partial charge >= 0.3 is 5.69 Å². The van der Waals surface area contributed by atoms with Crippen LogP contribution < -0.4 is 14.9 Å². The monoisotopic (exact) mass is 425 g/mol. The summed E-state index contributed by atoms with van der Waals surface area (Å²) < 4.78 is 11.0. The Kier molecular flexibility index (Phi) is 6.61. The number of halogens is 1. The average Bonchev–Trinajstić information content (AvgIpc) is 2.75. The van der Waals surface area contributed by atoms with E-state index in [2.05, 4.69) is 10.5 Å². The van der Waals surface area contributed by atoms with Crippen LogP contribution in [0.3, 0.4) is 0 Å². The fraction of sp³-hybridized carbons (Fsp3) is 0.0476. The number of amides is 1. The Hall–Kier alpha value is -3.91. The zero-order chi connectivity index (χ0) is 21.5. The number of nitro groups is 1. The molecule has 0 aliphatic rings. The van der Waals surface area contributed by atoms with Crippen molar-refractivity contribution in [1.29, 1.82) is 0 Å². The van der Waals surface area contributed by atoms with E-state index in [4.69, 9.17) is 21.1 Å². The second-order valence-corrected chi connectivity index (χ2v) is 6.38. The van der Waals surface area contributed by atoms with Gasteiger partial charge in [-0.1, -0.05) is 23.7 Å². The summed E-state index contributed by atoms with van der Waals surface area (Å²) in [5, 5.41) is 15.6. The van der Waals surface area contributed by atoms with Gasteiger partial charge in [-0.3, -0.25) is 14.9 Å². The number of hydrogen-bond donors (Lipinski definition) is 1. The second kappa shape index (κ2) is 9.53. The Balaban J connectivity index is 1.72. The lowest BCUT2D eigenvalue weighted by molar-refractivity contribution is -0.385. The minimum atomic E-state index is -0.522. The minimum Gasteiger partial charge on any atom is -0.493 e. The molecule has 30 heavy (non-hydrogen) atoms. The molecule has 1 N–H and O–H groups in total. The molecule has 0 saturated carbocycles. The number of nitrogens with zero attached hydrogens (tertiary/aromatic N) is 2. The summed E-state index contributed by atoms with van der Waals surface area (Å²) in [5.41, 5.74) is 3.30. The minimum absolute atomic E-state index is 0.0949. The first-order valence-corrected chi connectivity index (χ1v) is 9.04. The van der Waals surface area contributed by atoms with E-state index in [1.807, 2.05) is 0 Å². The first-order chi connectivity index (χ1) is 14.5. The quantitative estimate of drug-likeness (QED) is 0.332. The number of hydrazone groups is 1. The summed E-state index contributed by atoms with van der Waals surface area (Å²) in [6.45, 7) is 0. The van der Waals surface area contributed by atoms with E-state index in [1.54, 1.807) is 54.6 Å². The SMILES string of the molecule is COc1cc(/C=N\NC(=O)c2ccc(Cl)cc2)ccc1Oc1ccccc1[N+](=O)[O-]. The van der Waals surface area contributed by atoms with Gasteiger partial charge in [0.25, 0.3) is 5.91 Å². The molecule has 0 aliphatic carbocycles. The van der Waals surface area contributed by atoms with Crippen LogP contribution in [0.4, 0.5) is 5.69 Å². The van der Waals surface area contributed by atoms with Crippen LogP contribution in [0.15, 0.2) is 71.8 Å². The van der Waals surface area contributed by atoms with Gasteiger partial charge in [0, 0.05) is 16.7 Å². The van der Waals surface area contributed by atoms with Crippen LogP contribution >= 0.6 is 11.6 Å². The standard InChI is InChI=1S/C21H16ClN3O5/c1-29-20-12-14(13-23-24-21(26)15-7-9-16(22)10-8-15)6-11-19(20)30-18-5-3-2-4-17(18)25(27)28/h2-13H,1H3,(H,24,26)/b23-13-. The molecule has 0 aliphatic heterocycles. The highest BCUT2D eigenvalue weighted by Crippen LogP contribution is 2.36. The van der Waals surface area contributed by atoms with E-state index in [-0.39, 0.29) is 17.3 Å². The summed E-state index contributed by atoms with van der Waals surface area (Å²) in [6, 6.07) is 17.3. The molecular weight excluding hydrogens is 410 g/mol. The van der Waals surface area contributed by atoms with Gasteiger partial charge in [0.2, 0.25) is 5.75 Å². The highest BCUT2D eigenvalue weighted by Gasteiger charge is 2.16. The zero-order valence-electron chi connectivity index (χ0n) is 15.7. The van der Waals surface area contributed by atoms with E-state index in [0.717, 1.165) is 0 Å². The Morgan fingerprint density at radius 1 is 1.07 bits per heavy atom. The number of para-hydroxylation sites is 2. The highest BCUT2D eigenvalue weighted by atomic mass is 35.5. The molecule has 152 valence electrons. The first-order valence-electron chi connectivity index (χ1n) is 8.66. The van der Waals surface area contributed by atoms with Gasteiger partial charge in [0.15, 0.2) is 11.5 Å². The summed E-state index contributed by atoms with van der Waals surface area (Å²) in [4.78, 5) is 22.7. The van der Waals surface area contributed by atoms with E-state index >= 15 is 0 Å². The van der Waals surface area contributed by atoms with Crippen LogP contribution in [-0.2, 0) is 0 Å². The lowest BCUT2D eigenvalue weighted by Gasteiger charge is -2.11. The highest BCUT2D eigenvalue weighted by molar-refractivity contribution is 6.30. The smallest absolute Gasteiger partial charge is 0.311 e. The summed E-state index contributed by atoms with van der Waals surface area (Å²) in [7, 11) is 1.45. The molecule has 3 aromatic rings. The molecule has 0 unspecified atom stereocenters. The fourth-order valence-electron chi connectivity index (χ4n) is 2.49. The van der Waals surface area contributed by atoms with Crippen molar-refractivity contribution in [3.05, 3.63) is 93.0 Å². The Labute approximate surface area is 176 Å². The normalized spacial score (nSPS) is 10.6. The molecule has 0 saturated heterocycles. The molecule has 3 aromatic carbocycles. The van der Waals surface area contributed by atoms with E-state index < -0.39 is 4.92 Å². The molecule has 3 rings (SSSR count). The third kappa shape index (κ3) is 5.12. The van der Waals surface area contributed by atoms with Crippen LogP contribution in [-0.4, -0.2) is 24.2 Å². The van der Waals surface area contributed by atoms with Crippen LogP contribution in [0.25, 0.3) is 0 Å². The molecule has 1 amide bonds. The van der Waals surface area contributed by atoms with Crippen molar-refractivity contribution in [2.45, 2.75) is 0 Å².